The zero-order valence-electron chi connectivity index (χ0n) is 28.5. The molecule has 0 amide bonds. The van der Waals surface area contributed by atoms with Gasteiger partial charge >= 0.3 is 5.97 Å². The van der Waals surface area contributed by atoms with Gasteiger partial charge in [0.2, 0.25) is 10.0 Å². The van der Waals surface area contributed by atoms with Crippen LogP contribution in [0.25, 0.3) is 0 Å². The lowest BCUT2D eigenvalue weighted by atomic mass is 9.84. The molecule has 4 rings (SSSR count). The van der Waals surface area contributed by atoms with Gasteiger partial charge in [-0.15, -0.1) is 0 Å². The molecule has 0 radical (unpaired) electrons. The third-order valence-electron chi connectivity index (χ3n) is 8.73. The Hall–Kier alpha value is -3.64. The molecule has 0 fully saturated rings. The van der Waals surface area contributed by atoms with E-state index in [1.54, 1.807) is 23.5 Å². The molecular weight excluding hydrogens is 600 g/mol. The summed E-state index contributed by atoms with van der Waals surface area (Å²) in [6.45, 7) is 10.2. The number of nitrogen functional groups attached to an aromatic ring is 1. The van der Waals surface area contributed by atoms with Crippen LogP contribution in [0.5, 0.6) is 0 Å². The van der Waals surface area contributed by atoms with Crippen LogP contribution in [-0.4, -0.2) is 78.0 Å². The number of anilines is 3. The third-order valence-corrected chi connectivity index (χ3v) is 10.6. The number of ether oxygens (including phenoxy) is 1. The number of fused-ring (bicyclic) bond motifs is 1. The zero-order valence-corrected chi connectivity index (χ0v) is 29.3. The minimum absolute atomic E-state index is 0.0961. The van der Waals surface area contributed by atoms with Gasteiger partial charge in [0.25, 0.3) is 0 Å². The highest BCUT2D eigenvalue weighted by molar-refractivity contribution is 7.89. The molecule has 0 bridgehead atoms. The number of esters is 1. The Morgan fingerprint density at radius 3 is 2.41 bits per heavy atom. The molecule has 11 heteroatoms. The van der Waals surface area contributed by atoms with E-state index < -0.39 is 10.0 Å². The zero-order chi connectivity index (χ0) is 34.0. The number of likely N-dealkylation sites (N-methyl/N-ethyl adjacent to an activating group) is 1. The number of benzene rings is 3. The number of aryl methyl sites for hydroxylation is 1. The van der Waals surface area contributed by atoms with Gasteiger partial charge in [-0.05, 0) is 74.0 Å². The molecule has 3 aromatic carbocycles. The number of nitrogens with zero attached hydrogens (tertiary/aromatic N) is 4. The maximum Gasteiger partial charge on any atom is 0.306 e. The number of rotatable bonds is 11. The van der Waals surface area contributed by atoms with Crippen molar-refractivity contribution in [3.8, 4) is 0 Å². The molecule has 0 aliphatic carbocycles. The Labute approximate surface area is 274 Å². The summed E-state index contributed by atoms with van der Waals surface area (Å²) in [6.07, 6.45) is 0.0961. The Bertz CT molecular complexity index is 1670. The summed E-state index contributed by atoms with van der Waals surface area (Å²) in [6, 6.07) is 17.0. The number of hydrogen-bond acceptors (Lipinski definition) is 9. The van der Waals surface area contributed by atoms with Crippen molar-refractivity contribution in [3.63, 3.8) is 0 Å². The van der Waals surface area contributed by atoms with Crippen LogP contribution >= 0.6 is 0 Å². The summed E-state index contributed by atoms with van der Waals surface area (Å²) in [4.78, 5) is 17.8. The van der Waals surface area contributed by atoms with E-state index in [1.807, 2.05) is 82.4 Å². The fourth-order valence-corrected chi connectivity index (χ4v) is 7.94. The minimum Gasteiger partial charge on any atom is -0.465 e. The molecule has 1 aliphatic heterocycles. The quantitative estimate of drug-likeness (QED) is 0.134. The first-order valence-electron chi connectivity index (χ1n) is 15.6. The van der Waals surface area contributed by atoms with Crippen molar-refractivity contribution in [2.45, 2.75) is 51.5 Å². The SMILES string of the molecule is Cc1ccc(C(CC(=O)OCC(C)(C)CN(C)C)c2ccc(N(C)N)c(N)c2C)cc1CN1CCN(C)c2ccccc2S1(=O)=O. The summed E-state index contributed by atoms with van der Waals surface area (Å²) in [5.41, 5.74) is 12.7. The van der Waals surface area contributed by atoms with Gasteiger partial charge in [0.1, 0.15) is 4.90 Å². The molecule has 1 unspecified atom stereocenters. The molecule has 4 N–H and O–H groups in total. The van der Waals surface area contributed by atoms with Crippen molar-refractivity contribution in [2.75, 3.05) is 70.1 Å². The molecule has 10 nitrogen and oxygen atoms in total. The number of carbonyl (C=O) groups excluding carboxylic acids is 1. The molecule has 3 aromatic rings. The Balaban J connectivity index is 1.72. The van der Waals surface area contributed by atoms with Crippen LogP contribution in [0.1, 0.15) is 54.0 Å². The highest BCUT2D eigenvalue weighted by Crippen LogP contribution is 2.38. The van der Waals surface area contributed by atoms with Gasteiger partial charge in [-0.25, -0.2) is 14.3 Å². The summed E-state index contributed by atoms with van der Waals surface area (Å²) < 4.78 is 35.1. The van der Waals surface area contributed by atoms with Crippen LogP contribution in [-0.2, 0) is 26.1 Å². The number of sulfonamides is 1. The van der Waals surface area contributed by atoms with Crippen LogP contribution in [0.4, 0.5) is 17.1 Å². The molecule has 0 saturated carbocycles. The number of para-hydroxylation sites is 1. The van der Waals surface area contributed by atoms with Crippen molar-refractivity contribution in [2.24, 2.45) is 11.3 Å². The van der Waals surface area contributed by atoms with Crippen LogP contribution in [0.2, 0.25) is 0 Å². The van der Waals surface area contributed by atoms with Crippen molar-refractivity contribution in [1.82, 2.24) is 9.21 Å². The lowest BCUT2D eigenvalue weighted by Gasteiger charge is -2.28. The Kier molecular flexibility index (Phi) is 10.7. The van der Waals surface area contributed by atoms with Gasteiger partial charge in [-0.1, -0.05) is 50.2 Å². The molecule has 0 spiro atoms. The van der Waals surface area contributed by atoms with Gasteiger partial charge in [0.15, 0.2) is 0 Å². The summed E-state index contributed by atoms with van der Waals surface area (Å²) in [7, 11) is 3.89. The maximum atomic E-state index is 13.9. The molecule has 250 valence electrons. The average molecular weight is 651 g/mol. The van der Waals surface area contributed by atoms with Crippen LogP contribution < -0.4 is 21.5 Å². The third kappa shape index (κ3) is 7.83. The largest absolute Gasteiger partial charge is 0.465 e. The van der Waals surface area contributed by atoms with Gasteiger partial charge < -0.3 is 25.3 Å². The van der Waals surface area contributed by atoms with Crippen molar-refractivity contribution < 1.29 is 17.9 Å². The number of nitrogens with two attached hydrogens (primary N) is 2. The smallest absolute Gasteiger partial charge is 0.306 e. The minimum atomic E-state index is -3.75. The van der Waals surface area contributed by atoms with Crippen LogP contribution in [0.15, 0.2) is 59.5 Å². The van der Waals surface area contributed by atoms with Crippen molar-refractivity contribution in [1.29, 1.82) is 0 Å². The fraction of sp³-hybridized carbons (Fsp3) is 0.457. The predicted molar refractivity (Wildman–Crippen MR) is 186 cm³/mol. The normalized spacial score (nSPS) is 15.7. The second-order valence-electron chi connectivity index (χ2n) is 13.6. The topological polar surface area (TPSA) is 125 Å². The second kappa shape index (κ2) is 14.0. The van der Waals surface area contributed by atoms with E-state index in [-0.39, 0.29) is 36.9 Å². The molecule has 0 saturated heterocycles. The summed E-state index contributed by atoms with van der Waals surface area (Å²) in [5, 5.41) is 1.48. The molecule has 0 aromatic heterocycles. The molecule has 46 heavy (non-hydrogen) atoms. The van der Waals surface area contributed by atoms with E-state index in [4.69, 9.17) is 16.3 Å². The van der Waals surface area contributed by atoms with E-state index >= 15 is 0 Å². The molecule has 1 atom stereocenters. The number of hydrazine groups is 1. The van der Waals surface area contributed by atoms with Crippen LogP contribution in [0, 0.1) is 19.3 Å². The standard InChI is InChI=1S/C35H50N6O4S/c1-24-13-14-26(19-27(24)21-41-18-17-39(7)30-11-9-10-12-32(30)46(41,43)44)29(20-33(42)45-23-35(3,4)22-38(5)6)28-15-16-31(40(8)37)34(36)25(28)2/h9-16,19,29H,17-18,20-23,36-37H2,1-8H3. The average Bonchev–Trinajstić information content (AvgIpc) is 3.07. The van der Waals surface area contributed by atoms with Gasteiger partial charge in [-0.2, -0.15) is 4.31 Å². The molecule has 1 aliphatic rings. The van der Waals surface area contributed by atoms with E-state index in [2.05, 4.69) is 18.7 Å². The van der Waals surface area contributed by atoms with E-state index in [9.17, 15) is 13.2 Å². The van der Waals surface area contributed by atoms with E-state index in [0.717, 1.165) is 34.4 Å². The molecular formula is C35H50N6O4S. The highest BCUT2D eigenvalue weighted by atomic mass is 32.2. The Morgan fingerprint density at radius 1 is 1.04 bits per heavy atom. The highest BCUT2D eigenvalue weighted by Gasteiger charge is 2.32. The summed E-state index contributed by atoms with van der Waals surface area (Å²) >= 11 is 0. The second-order valence-corrected chi connectivity index (χ2v) is 15.5. The number of carbonyl (C=O) groups is 1. The summed E-state index contributed by atoms with van der Waals surface area (Å²) in [5.74, 6) is 5.34. The molecule has 1 heterocycles. The Morgan fingerprint density at radius 2 is 1.74 bits per heavy atom. The lowest BCUT2D eigenvalue weighted by molar-refractivity contribution is -0.147. The van der Waals surface area contributed by atoms with Crippen molar-refractivity contribution >= 4 is 33.1 Å². The van der Waals surface area contributed by atoms with E-state index in [0.29, 0.717) is 35.0 Å². The van der Waals surface area contributed by atoms with Crippen LogP contribution in [0.3, 0.4) is 0 Å². The van der Waals surface area contributed by atoms with E-state index in [1.165, 1.54) is 5.01 Å². The first-order valence-corrected chi connectivity index (χ1v) is 17.0. The monoisotopic (exact) mass is 650 g/mol. The van der Waals surface area contributed by atoms with Gasteiger partial charge in [0, 0.05) is 51.6 Å². The fourth-order valence-electron chi connectivity index (χ4n) is 6.29. The first kappa shape index (κ1) is 35.2. The van der Waals surface area contributed by atoms with Gasteiger partial charge in [0.05, 0.1) is 30.1 Å². The van der Waals surface area contributed by atoms with Crippen molar-refractivity contribution in [3.05, 3.63) is 82.4 Å². The lowest BCUT2D eigenvalue weighted by Crippen LogP contribution is -2.34. The van der Waals surface area contributed by atoms with Gasteiger partial charge in [-0.3, -0.25) is 4.79 Å². The maximum absolute atomic E-state index is 13.9. The predicted octanol–water partition coefficient (Wildman–Crippen LogP) is 4.49. The number of hydrogen-bond donors (Lipinski definition) is 2. The first-order chi connectivity index (χ1) is 21.5.